The topological polar surface area (TPSA) is 81.9 Å². The molecule has 0 fully saturated rings. The van der Waals surface area contributed by atoms with Crippen molar-refractivity contribution in [3.63, 3.8) is 0 Å². The van der Waals surface area contributed by atoms with E-state index in [1.54, 1.807) is 22.8 Å². The molecular weight excluding hydrogens is 452 g/mol. The number of thioether (sulfide) groups is 1. The Kier molecular flexibility index (Phi) is 7.67. The first-order chi connectivity index (χ1) is 14.5. The van der Waals surface area contributed by atoms with Crippen molar-refractivity contribution in [3.8, 4) is 5.75 Å². The lowest BCUT2D eigenvalue weighted by molar-refractivity contribution is -0.113. The lowest BCUT2D eigenvalue weighted by Gasteiger charge is -2.10. The standard InChI is InChI=1S/C19H16Cl2FN5O2S/c1-2-8-27-16(10-29-12-5-6-14(22)13(20)9-12)25-26-19(27)30-11-17(28)24-15-4-3-7-23-18(15)21/h2-7,9H,1,8,10-11H2,(H,24,28). The molecule has 1 N–H and O–H groups in total. The third kappa shape index (κ3) is 5.71. The Morgan fingerprint density at radius 1 is 1.33 bits per heavy atom. The minimum atomic E-state index is -0.525. The Morgan fingerprint density at radius 2 is 2.17 bits per heavy atom. The molecule has 156 valence electrons. The first-order valence-electron chi connectivity index (χ1n) is 8.62. The smallest absolute Gasteiger partial charge is 0.234 e. The summed E-state index contributed by atoms with van der Waals surface area (Å²) < 4.78 is 20.7. The van der Waals surface area contributed by atoms with Crippen LogP contribution >= 0.6 is 35.0 Å². The number of aromatic nitrogens is 4. The van der Waals surface area contributed by atoms with Gasteiger partial charge in [-0.2, -0.15) is 0 Å². The molecule has 0 bridgehead atoms. The number of carbonyl (C=O) groups excluding carboxylic acids is 1. The van der Waals surface area contributed by atoms with Crippen LogP contribution in [0.3, 0.4) is 0 Å². The van der Waals surface area contributed by atoms with Crippen molar-refractivity contribution in [1.82, 2.24) is 19.7 Å². The summed E-state index contributed by atoms with van der Waals surface area (Å²) in [5.74, 6) is 0.227. The first kappa shape index (κ1) is 22.1. The van der Waals surface area contributed by atoms with Crippen molar-refractivity contribution in [2.45, 2.75) is 18.3 Å². The van der Waals surface area contributed by atoms with Crippen LogP contribution in [0.2, 0.25) is 10.2 Å². The van der Waals surface area contributed by atoms with Crippen LogP contribution in [0.4, 0.5) is 10.1 Å². The van der Waals surface area contributed by atoms with Crippen LogP contribution in [-0.2, 0) is 17.9 Å². The number of rotatable bonds is 9. The number of pyridine rings is 1. The van der Waals surface area contributed by atoms with Gasteiger partial charge >= 0.3 is 0 Å². The zero-order chi connectivity index (χ0) is 21.5. The number of amides is 1. The van der Waals surface area contributed by atoms with Crippen LogP contribution < -0.4 is 10.1 Å². The van der Waals surface area contributed by atoms with E-state index in [9.17, 15) is 9.18 Å². The van der Waals surface area contributed by atoms with E-state index in [0.717, 1.165) is 0 Å². The Balaban J connectivity index is 1.63. The molecule has 1 aromatic carbocycles. The van der Waals surface area contributed by atoms with Crippen LogP contribution in [-0.4, -0.2) is 31.4 Å². The largest absolute Gasteiger partial charge is 0.486 e. The molecule has 2 heterocycles. The molecule has 0 aliphatic rings. The van der Waals surface area contributed by atoms with Gasteiger partial charge in [-0.05, 0) is 24.3 Å². The Hall–Kier alpha value is -2.62. The minimum Gasteiger partial charge on any atom is -0.486 e. The molecule has 30 heavy (non-hydrogen) atoms. The zero-order valence-corrected chi connectivity index (χ0v) is 17.8. The number of hydrogen-bond acceptors (Lipinski definition) is 6. The van der Waals surface area contributed by atoms with Crippen molar-refractivity contribution in [2.75, 3.05) is 11.1 Å². The monoisotopic (exact) mass is 467 g/mol. The number of hydrogen-bond donors (Lipinski definition) is 1. The van der Waals surface area contributed by atoms with E-state index in [-0.39, 0.29) is 28.4 Å². The molecule has 1 amide bonds. The molecular formula is C19H16Cl2FN5O2S. The summed E-state index contributed by atoms with van der Waals surface area (Å²) >= 11 is 12.9. The average Bonchev–Trinajstić information content (AvgIpc) is 3.11. The van der Waals surface area contributed by atoms with Crippen LogP contribution in [0.5, 0.6) is 5.75 Å². The SMILES string of the molecule is C=CCn1c(COc2ccc(F)c(Cl)c2)nnc1SCC(=O)Nc1cccnc1Cl. The second-order valence-corrected chi connectivity index (χ2v) is 7.55. The highest BCUT2D eigenvalue weighted by molar-refractivity contribution is 7.99. The fourth-order valence-corrected chi connectivity index (χ4v) is 3.46. The number of anilines is 1. The maximum Gasteiger partial charge on any atom is 0.234 e. The van der Waals surface area contributed by atoms with Crippen molar-refractivity contribution >= 4 is 46.6 Å². The Bertz CT molecular complexity index is 1060. The first-order valence-corrected chi connectivity index (χ1v) is 10.4. The molecule has 0 saturated heterocycles. The molecule has 0 saturated carbocycles. The van der Waals surface area contributed by atoms with Crippen molar-refractivity contribution in [3.05, 3.63) is 71.0 Å². The van der Waals surface area contributed by atoms with Gasteiger partial charge in [0.05, 0.1) is 16.5 Å². The summed E-state index contributed by atoms with van der Waals surface area (Å²) in [6.07, 6.45) is 3.22. The minimum absolute atomic E-state index is 0.0314. The highest BCUT2D eigenvalue weighted by Gasteiger charge is 2.15. The number of ether oxygens (including phenoxy) is 1. The van der Waals surface area contributed by atoms with Gasteiger partial charge in [0, 0.05) is 18.8 Å². The summed E-state index contributed by atoms with van der Waals surface area (Å²) in [5, 5.41) is 11.6. The summed E-state index contributed by atoms with van der Waals surface area (Å²) in [7, 11) is 0. The van der Waals surface area contributed by atoms with Gasteiger partial charge in [0.25, 0.3) is 0 Å². The van der Waals surface area contributed by atoms with E-state index in [0.29, 0.717) is 29.0 Å². The lowest BCUT2D eigenvalue weighted by atomic mass is 10.3. The van der Waals surface area contributed by atoms with Gasteiger partial charge in [0.1, 0.15) is 18.2 Å². The van der Waals surface area contributed by atoms with E-state index in [4.69, 9.17) is 27.9 Å². The van der Waals surface area contributed by atoms with E-state index in [2.05, 4.69) is 27.1 Å². The molecule has 11 heteroatoms. The van der Waals surface area contributed by atoms with Gasteiger partial charge in [-0.15, -0.1) is 16.8 Å². The number of nitrogens with zero attached hydrogens (tertiary/aromatic N) is 4. The quantitative estimate of drug-likeness (QED) is 0.281. The normalized spacial score (nSPS) is 10.6. The van der Waals surface area contributed by atoms with Gasteiger partial charge in [-0.3, -0.25) is 9.36 Å². The molecule has 0 radical (unpaired) electrons. The predicted octanol–water partition coefficient (Wildman–Crippen LogP) is 4.61. The third-order valence-electron chi connectivity index (χ3n) is 3.73. The number of halogens is 3. The molecule has 3 aromatic rings. The summed E-state index contributed by atoms with van der Waals surface area (Å²) in [5.41, 5.74) is 0.435. The number of carbonyl (C=O) groups is 1. The van der Waals surface area contributed by atoms with Gasteiger partial charge in [-0.1, -0.05) is 41.0 Å². The van der Waals surface area contributed by atoms with Gasteiger partial charge in [0.15, 0.2) is 16.1 Å². The third-order valence-corrected chi connectivity index (χ3v) is 5.29. The fraction of sp³-hybridized carbons (Fsp3) is 0.158. The molecule has 2 aromatic heterocycles. The second-order valence-electron chi connectivity index (χ2n) is 5.84. The zero-order valence-electron chi connectivity index (χ0n) is 15.5. The van der Waals surface area contributed by atoms with Crippen molar-refractivity contribution < 1.29 is 13.9 Å². The molecule has 0 spiro atoms. The molecule has 3 rings (SSSR count). The van der Waals surface area contributed by atoms with Crippen molar-refractivity contribution in [2.24, 2.45) is 0 Å². The average molecular weight is 468 g/mol. The molecule has 0 aliphatic heterocycles. The maximum atomic E-state index is 13.3. The summed E-state index contributed by atoms with van der Waals surface area (Å²) in [6.45, 7) is 4.24. The Labute approximate surface area is 186 Å². The van der Waals surface area contributed by atoms with Gasteiger partial charge < -0.3 is 10.1 Å². The molecule has 0 atom stereocenters. The van der Waals surface area contributed by atoms with E-state index in [1.807, 2.05) is 0 Å². The van der Waals surface area contributed by atoms with Crippen LogP contribution in [0, 0.1) is 5.82 Å². The summed E-state index contributed by atoms with van der Waals surface area (Å²) in [4.78, 5) is 16.1. The van der Waals surface area contributed by atoms with Crippen LogP contribution in [0.1, 0.15) is 5.82 Å². The number of allylic oxidation sites excluding steroid dienone is 1. The number of nitrogens with one attached hydrogen (secondary N) is 1. The predicted molar refractivity (Wildman–Crippen MR) is 115 cm³/mol. The van der Waals surface area contributed by atoms with E-state index < -0.39 is 5.82 Å². The summed E-state index contributed by atoms with van der Waals surface area (Å²) in [6, 6.07) is 7.42. The molecule has 0 unspecified atom stereocenters. The lowest BCUT2D eigenvalue weighted by Crippen LogP contribution is -2.15. The highest BCUT2D eigenvalue weighted by atomic mass is 35.5. The maximum absolute atomic E-state index is 13.3. The fourth-order valence-electron chi connectivity index (χ4n) is 2.36. The van der Waals surface area contributed by atoms with Crippen LogP contribution in [0.25, 0.3) is 0 Å². The van der Waals surface area contributed by atoms with Gasteiger partial charge in [-0.25, -0.2) is 9.37 Å². The van der Waals surface area contributed by atoms with Crippen LogP contribution in [0.15, 0.2) is 54.3 Å². The van der Waals surface area contributed by atoms with E-state index >= 15 is 0 Å². The van der Waals surface area contributed by atoms with Gasteiger partial charge in [0.2, 0.25) is 5.91 Å². The highest BCUT2D eigenvalue weighted by Crippen LogP contribution is 2.23. The molecule has 0 aliphatic carbocycles. The second kappa shape index (κ2) is 10.4. The Morgan fingerprint density at radius 3 is 2.90 bits per heavy atom. The number of benzene rings is 1. The molecule has 7 nitrogen and oxygen atoms in total. The van der Waals surface area contributed by atoms with Crippen molar-refractivity contribution in [1.29, 1.82) is 0 Å². The van der Waals surface area contributed by atoms with E-state index in [1.165, 1.54) is 36.2 Å².